The molecule has 0 atom stereocenters. The molecular weight excluding hydrogens is 384 g/mol. The molecule has 0 aliphatic rings. The number of methoxy groups -OCH3 is 1. The van der Waals surface area contributed by atoms with Crippen LogP contribution >= 0.6 is 0 Å². The number of benzene rings is 4. The summed E-state index contributed by atoms with van der Waals surface area (Å²) >= 11 is 0. The van der Waals surface area contributed by atoms with Gasteiger partial charge in [-0.3, -0.25) is 4.79 Å². The van der Waals surface area contributed by atoms with E-state index in [4.69, 9.17) is 4.74 Å². The number of carbonyl (C=O) groups excluding carboxylic acids is 1. The number of fused-ring (bicyclic) bond motifs is 2. The van der Waals surface area contributed by atoms with Crippen molar-refractivity contribution in [3.05, 3.63) is 90.2 Å². The highest BCUT2D eigenvalue weighted by Gasteiger charge is 2.23. The van der Waals surface area contributed by atoms with Gasteiger partial charge >= 0.3 is 0 Å². The highest BCUT2D eigenvalue weighted by atomic mass is 16.5. The topological polar surface area (TPSA) is 46.5 Å². The number of hydrogen-bond acceptors (Lipinski definition) is 3. The van der Waals surface area contributed by atoms with Crippen LogP contribution in [0.4, 0.5) is 0 Å². The van der Waals surface area contributed by atoms with Gasteiger partial charge in [0.05, 0.1) is 7.11 Å². The molecule has 0 bridgehead atoms. The van der Waals surface area contributed by atoms with E-state index >= 15 is 0 Å². The van der Waals surface area contributed by atoms with E-state index in [0.717, 1.165) is 32.7 Å². The molecule has 156 valence electrons. The van der Waals surface area contributed by atoms with Gasteiger partial charge in [-0.05, 0) is 33.7 Å². The predicted molar refractivity (Wildman–Crippen MR) is 128 cm³/mol. The molecule has 0 unspecified atom stereocenters. The zero-order chi connectivity index (χ0) is 22.2. The van der Waals surface area contributed by atoms with E-state index in [1.807, 2.05) is 87.5 Å². The third-order valence-corrected chi connectivity index (χ3v) is 5.59. The van der Waals surface area contributed by atoms with Crippen LogP contribution in [0.3, 0.4) is 0 Å². The molecule has 4 aromatic carbocycles. The van der Waals surface area contributed by atoms with Gasteiger partial charge in [-0.15, -0.1) is 0 Å². The van der Waals surface area contributed by atoms with Gasteiger partial charge in [0.25, 0.3) is 0 Å². The van der Waals surface area contributed by atoms with Crippen LogP contribution in [0.15, 0.2) is 84.6 Å². The molecule has 3 heteroatoms. The molecule has 0 aliphatic carbocycles. The fraction of sp³-hybridized carbons (Fsp3) is 0.179. The van der Waals surface area contributed by atoms with Crippen LogP contribution in [0.2, 0.25) is 0 Å². The quantitative estimate of drug-likeness (QED) is 0.217. The first kappa shape index (κ1) is 20.7. The predicted octanol–water partition coefficient (Wildman–Crippen LogP) is 7.34. The zero-order valence-electron chi connectivity index (χ0n) is 18.3. The lowest BCUT2D eigenvalue weighted by molar-refractivity contribution is 0.103. The second-order valence-corrected chi connectivity index (χ2v) is 8.72. The Balaban J connectivity index is 2.11. The normalized spacial score (nSPS) is 12.3. The molecule has 0 amide bonds. The summed E-state index contributed by atoms with van der Waals surface area (Å²) in [5.74, 6) is 0.526. The molecule has 0 heterocycles. The minimum atomic E-state index is -0.510. The molecule has 0 saturated heterocycles. The van der Waals surface area contributed by atoms with Crippen LogP contribution in [-0.2, 0) is 0 Å². The van der Waals surface area contributed by atoms with E-state index in [1.165, 1.54) is 6.08 Å². The second kappa shape index (κ2) is 7.92. The second-order valence-electron chi connectivity index (χ2n) is 8.72. The zero-order valence-corrected chi connectivity index (χ0v) is 18.3. The summed E-state index contributed by atoms with van der Waals surface area (Å²) < 4.78 is 5.75. The summed E-state index contributed by atoms with van der Waals surface area (Å²) in [4.78, 5) is 13.4. The summed E-state index contributed by atoms with van der Waals surface area (Å²) in [5, 5.41) is 14.6. The van der Waals surface area contributed by atoms with Crippen molar-refractivity contribution in [2.75, 3.05) is 7.11 Å². The first-order chi connectivity index (χ1) is 14.8. The van der Waals surface area contributed by atoms with Crippen LogP contribution in [0.1, 0.15) is 31.1 Å². The van der Waals surface area contributed by atoms with E-state index in [1.54, 1.807) is 7.11 Å². The van der Waals surface area contributed by atoms with E-state index in [0.29, 0.717) is 11.3 Å². The van der Waals surface area contributed by atoms with Gasteiger partial charge in [-0.25, -0.2) is 0 Å². The Morgan fingerprint density at radius 2 is 1.35 bits per heavy atom. The van der Waals surface area contributed by atoms with Crippen LogP contribution < -0.4 is 4.74 Å². The van der Waals surface area contributed by atoms with Gasteiger partial charge < -0.3 is 9.84 Å². The maximum absolute atomic E-state index is 13.4. The van der Waals surface area contributed by atoms with Crippen molar-refractivity contribution in [1.29, 1.82) is 0 Å². The minimum Gasteiger partial charge on any atom is -0.512 e. The number of ketones is 1. The molecule has 0 saturated carbocycles. The molecular formula is C28H26O3. The maximum Gasteiger partial charge on any atom is 0.189 e. The fourth-order valence-electron chi connectivity index (χ4n) is 3.84. The van der Waals surface area contributed by atoms with Crippen molar-refractivity contribution in [3.8, 4) is 16.9 Å². The van der Waals surface area contributed by atoms with E-state index in [9.17, 15) is 9.90 Å². The number of ether oxygens (including phenoxy) is 1. The fourth-order valence-corrected chi connectivity index (χ4v) is 3.84. The highest BCUT2D eigenvalue weighted by molar-refractivity contribution is 6.18. The Labute approximate surface area is 182 Å². The molecule has 31 heavy (non-hydrogen) atoms. The number of rotatable bonds is 4. The van der Waals surface area contributed by atoms with Gasteiger partial charge in [0, 0.05) is 28.2 Å². The molecule has 0 aromatic heterocycles. The van der Waals surface area contributed by atoms with Gasteiger partial charge in [0.2, 0.25) is 0 Å². The number of allylic oxidation sites excluding steroid dienone is 2. The van der Waals surface area contributed by atoms with E-state index in [-0.39, 0.29) is 11.5 Å². The van der Waals surface area contributed by atoms with Crippen molar-refractivity contribution < 1.29 is 14.6 Å². The molecule has 0 spiro atoms. The lowest BCUT2D eigenvalue weighted by Gasteiger charge is -2.19. The van der Waals surface area contributed by atoms with Crippen molar-refractivity contribution in [3.63, 3.8) is 0 Å². The van der Waals surface area contributed by atoms with Crippen molar-refractivity contribution in [1.82, 2.24) is 0 Å². The lowest BCUT2D eigenvalue weighted by atomic mass is 9.87. The molecule has 0 radical (unpaired) electrons. The molecule has 4 aromatic rings. The maximum atomic E-state index is 13.4. The first-order valence-corrected chi connectivity index (χ1v) is 10.3. The Morgan fingerprint density at radius 1 is 0.806 bits per heavy atom. The van der Waals surface area contributed by atoms with Gasteiger partial charge in [0.15, 0.2) is 5.78 Å². The number of aliphatic hydroxyl groups is 1. The van der Waals surface area contributed by atoms with Gasteiger partial charge in [-0.2, -0.15) is 0 Å². The van der Waals surface area contributed by atoms with Crippen molar-refractivity contribution >= 4 is 27.3 Å². The average Bonchev–Trinajstić information content (AvgIpc) is 2.76. The number of hydrogen-bond donors (Lipinski definition) is 1. The molecule has 0 aliphatic heterocycles. The van der Waals surface area contributed by atoms with Crippen LogP contribution in [0.25, 0.3) is 32.7 Å². The Hall–Kier alpha value is -3.59. The van der Waals surface area contributed by atoms with Crippen molar-refractivity contribution in [2.45, 2.75) is 20.8 Å². The van der Waals surface area contributed by atoms with Gasteiger partial charge in [-0.1, -0.05) is 81.4 Å². The summed E-state index contributed by atoms with van der Waals surface area (Å²) in [6.07, 6.45) is 1.34. The third-order valence-electron chi connectivity index (χ3n) is 5.59. The summed E-state index contributed by atoms with van der Waals surface area (Å²) in [6.45, 7) is 5.63. The highest BCUT2D eigenvalue weighted by Crippen LogP contribution is 2.42. The van der Waals surface area contributed by atoms with E-state index < -0.39 is 5.41 Å². The third kappa shape index (κ3) is 3.79. The lowest BCUT2D eigenvalue weighted by Crippen LogP contribution is -2.11. The van der Waals surface area contributed by atoms with Crippen LogP contribution in [0, 0.1) is 5.41 Å². The summed E-state index contributed by atoms with van der Waals surface area (Å²) in [6, 6.07) is 23.9. The first-order valence-electron chi connectivity index (χ1n) is 10.3. The Morgan fingerprint density at radius 3 is 1.94 bits per heavy atom. The average molecular weight is 411 g/mol. The van der Waals surface area contributed by atoms with Crippen molar-refractivity contribution in [2.24, 2.45) is 5.41 Å². The smallest absolute Gasteiger partial charge is 0.189 e. The molecule has 4 rings (SSSR count). The van der Waals surface area contributed by atoms with Crippen LogP contribution in [-0.4, -0.2) is 18.0 Å². The molecule has 0 fully saturated rings. The monoisotopic (exact) mass is 410 g/mol. The summed E-state index contributed by atoms with van der Waals surface area (Å²) in [7, 11) is 1.64. The number of carbonyl (C=O) groups is 1. The number of aliphatic hydroxyl groups excluding tert-OH is 1. The largest absolute Gasteiger partial charge is 0.512 e. The molecule has 1 N–H and O–H groups in total. The summed E-state index contributed by atoms with van der Waals surface area (Å²) in [5.41, 5.74) is 1.72. The Bertz CT molecular complexity index is 1320. The standard InChI is InChI=1S/C28H26O3/c1-28(2,3)25(30)17-23(29)22-15-13-18-9-5-7-11-20(18)26(22)27-21-12-8-6-10-19(21)14-16-24(27)31-4/h5-17,30H,1-4H3/b25-17-. The SMILES string of the molecule is COc1ccc2ccccc2c1-c1c(C(=O)/C=C(\O)C(C)(C)C)ccc2ccccc12. The molecule has 3 nitrogen and oxygen atoms in total. The van der Waals surface area contributed by atoms with Crippen LogP contribution in [0.5, 0.6) is 5.75 Å². The van der Waals surface area contributed by atoms with E-state index in [2.05, 4.69) is 6.07 Å². The minimum absolute atomic E-state index is 0.0569. The Kier molecular flexibility index (Phi) is 5.28. The van der Waals surface area contributed by atoms with Gasteiger partial charge in [0.1, 0.15) is 11.5 Å².